The van der Waals surface area contributed by atoms with Gasteiger partial charge < -0.3 is 10.1 Å². The van der Waals surface area contributed by atoms with Gasteiger partial charge >= 0.3 is 0 Å². The van der Waals surface area contributed by atoms with Crippen molar-refractivity contribution in [2.45, 2.75) is 0 Å². The van der Waals surface area contributed by atoms with Crippen molar-refractivity contribution >= 4 is 51.7 Å². The molecule has 0 bridgehead atoms. The molecular formula is C22H15IN2O4. The SMILES string of the molecule is O=C(COc1ccc(I)cc1)Nc1ccc2c(c1)C(=O)N(c1ccccc1)C2=O. The molecule has 29 heavy (non-hydrogen) atoms. The van der Waals surface area contributed by atoms with E-state index in [2.05, 4.69) is 27.9 Å². The second kappa shape index (κ2) is 8.04. The first kappa shape index (κ1) is 19.1. The van der Waals surface area contributed by atoms with Crippen molar-refractivity contribution in [3.63, 3.8) is 0 Å². The maximum absolute atomic E-state index is 12.8. The minimum absolute atomic E-state index is 0.166. The summed E-state index contributed by atoms with van der Waals surface area (Å²) < 4.78 is 6.53. The first-order valence-electron chi connectivity index (χ1n) is 8.79. The molecule has 3 amide bonds. The van der Waals surface area contributed by atoms with Crippen LogP contribution in [0.25, 0.3) is 0 Å². The lowest BCUT2D eigenvalue weighted by molar-refractivity contribution is -0.118. The number of hydrogen-bond acceptors (Lipinski definition) is 4. The van der Waals surface area contributed by atoms with Crippen molar-refractivity contribution in [1.29, 1.82) is 0 Å². The largest absolute Gasteiger partial charge is 0.484 e. The van der Waals surface area contributed by atoms with Gasteiger partial charge in [-0.15, -0.1) is 0 Å². The molecule has 0 spiro atoms. The number of benzene rings is 3. The lowest BCUT2D eigenvalue weighted by atomic mass is 10.1. The highest BCUT2D eigenvalue weighted by Gasteiger charge is 2.36. The quantitative estimate of drug-likeness (QED) is 0.425. The molecule has 0 unspecified atom stereocenters. The molecule has 1 N–H and O–H groups in total. The molecule has 0 fully saturated rings. The molecule has 0 saturated carbocycles. The predicted molar refractivity (Wildman–Crippen MR) is 117 cm³/mol. The number of hydrogen-bond donors (Lipinski definition) is 1. The second-order valence-corrected chi connectivity index (χ2v) is 7.58. The third kappa shape index (κ3) is 4.00. The molecule has 1 aliphatic rings. The van der Waals surface area contributed by atoms with Crippen LogP contribution in [0.1, 0.15) is 20.7 Å². The summed E-state index contributed by atoms with van der Waals surface area (Å²) in [7, 11) is 0. The number of amides is 3. The number of halogens is 1. The van der Waals surface area contributed by atoms with Gasteiger partial charge in [-0.3, -0.25) is 14.4 Å². The number of ether oxygens (including phenoxy) is 1. The second-order valence-electron chi connectivity index (χ2n) is 6.33. The van der Waals surface area contributed by atoms with E-state index in [4.69, 9.17) is 4.74 Å². The number of carbonyl (C=O) groups is 3. The topological polar surface area (TPSA) is 75.7 Å². The normalized spacial score (nSPS) is 12.7. The predicted octanol–water partition coefficient (Wildman–Crippen LogP) is 4.11. The van der Waals surface area contributed by atoms with Crippen molar-refractivity contribution in [3.8, 4) is 5.75 Å². The van der Waals surface area contributed by atoms with E-state index in [0.29, 0.717) is 22.7 Å². The molecule has 0 radical (unpaired) electrons. The molecule has 0 aliphatic carbocycles. The number of para-hydroxylation sites is 1. The van der Waals surface area contributed by atoms with Gasteiger partial charge in [0.1, 0.15) is 5.75 Å². The van der Waals surface area contributed by atoms with E-state index in [-0.39, 0.29) is 24.0 Å². The zero-order valence-corrected chi connectivity index (χ0v) is 17.3. The van der Waals surface area contributed by atoms with E-state index in [9.17, 15) is 14.4 Å². The lowest BCUT2D eigenvalue weighted by Crippen LogP contribution is -2.29. The molecule has 3 aromatic rings. The highest BCUT2D eigenvalue weighted by Crippen LogP contribution is 2.30. The van der Waals surface area contributed by atoms with E-state index < -0.39 is 5.91 Å². The molecule has 1 aliphatic heterocycles. The number of rotatable bonds is 5. The first-order valence-corrected chi connectivity index (χ1v) is 9.87. The van der Waals surface area contributed by atoms with E-state index in [1.165, 1.54) is 6.07 Å². The van der Waals surface area contributed by atoms with Crippen LogP contribution >= 0.6 is 22.6 Å². The van der Waals surface area contributed by atoms with Crippen molar-refractivity contribution in [1.82, 2.24) is 0 Å². The molecular weight excluding hydrogens is 483 g/mol. The highest BCUT2D eigenvalue weighted by atomic mass is 127. The number of nitrogens with one attached hydrogen (secondary N) is 1. The van der Waals surface area contributed by atoms with Gasteiger partial charge in [0.25, 0.3) is 17.7 Å². The van der Waals surface area contributed by atoms with Crippen molar-refractivity contribution in [2.75, 3.05) is 16.8 Å². The minimum atomic E-state index is -0.414. The summed E-state index contributed by atoms with van der Waals surface area (Å²) in [5, 5.41) is 2.70. The maximum atomic E-state index is 12.8. The van der Waals surface area contributed by atoms with Crippen LogP contribution in [0.5, 0.6) is 5.75 Å². The van der Waals surface area contributed by atoms with Gasteiger partial charge in [0.05, 0.1) is 16.8 Å². The van der Waals surface area contributed by atoms with Gasteiger partial charge in [-0.05, 0) is 77.2 Å². The molecule has 7 heteroatoms. The number of nitrogens with zero attached hydrogens (tertiary/aromatic N) is 1. The van der Waals surface area contributed by atoms with Gasteiger partial charge in [0, 0.05) is 9.26 Å². The van der Waals surface area contributed by atoms with Crippen molar-refractivity contribution < 1.29 is 19.1 Å². The van der Waals surface area contributed by atoms with Gasteiger partial charge in [-0.1, -0.05) is 18.2 Å². The van der Waals surface area contributed by atoms with Crippen LogP contribution in [-0.2, 0) is 4.79 Å². The minimum Gasteiger partial charge on any atom is -0.484 e. The van der Waals surface area contributed by atoms with Crippen molar-refractivity contribution in [3.05, 3.63) is 87.5 Å². The summed E-state index contributed by atoms with van der Waals surface area (Å²) in [4.78, 5) is 38.7. The maximum Gasteiger partial charge on any atom is 0.266 e. The third-order valence-corrected chi connectivity index (χ3v) is 5.09. The van der Waals surface area contributed by atoms with Crippen LogP contribution < -0.4 is 15.0 Å². The van der Waals surface area contributed by atoms with Gasteiger partial charge in [-0.2, -0.15) is 0 Å². The van der Waals surface area contributed by atoms with Crippen LogP contribution in [0, 0.1) is 3.57 Å². The zero-order valence-electron chi connectivity index (χ0n) is 15.1. The van der Waals surface area contributed by atoms with Crippen LogP contribution in [0.3, 0.4) is 0 Å². The average molecular weight is 498 g/mol. The van der Waals surface area contributed by atoms with Crippen LogP contribution in [0.2, 0.25) is 0 Å². The van der Waals surface area contributed by atoms with E-state index >= 15 is 0 Å². The molecule has 6 nitrogen and oxygen atoms in total. The standard InChI is InChI=1S/C22H15IN2O4/c23-14-6-9-17(10-7-14)29-13-20(26)24-15-8-11-18-19(12-15)22(28)25(21(18)27)16-4-2-1-3-5-16/h1-12H,13H2,(H,24,26). The molecule has 0 aromatic heterocycles. The summed E-state index contributed by atoms with van der Waals surface area (Å²) in [6.45, 7) is -0.166. The molecule has 1 heterocycles. The van der Waals surface area contributed by atoms with E-state index in [1.54, 1.807) is 48.5 Å². The Hall–Kier alpha value is -3.20. The summed E-state index contributed by atoms with van der Waals surface area (Å²) in [5.41, 5.74) is 1.51. The van der Waals surface area contributed by atoms with E-state index in [0.717, 1.165) is 8.47 Å². The fourth-order valence-corrected chi connectivity index (χ4v) is 3.37. The number of anilines is 2. The lowest BCUT2D eigenvalue weighted by Gasteiger charge is -2.13. The summed E-state index contributed by atoms with van der Waals surface area (Å²) in [5.74, 6) is -0.562. The van der Waals surface area contributed by atoms with Gasteiger partial charge in [0.15, 0.2) is 6.61 Å². The summed E-state index contributed by atoms with van der Waals surface area (Å²) >= 11 is 2.19. The molecule has 0 atom stereocenters. The smallest absolute Gasteiger partial charge is 0.266 e. The molecule has 0 saturated heterocycles. The third-order valence-electron chi connectivity index (χ3n) is 4.37. The van der Waals surface area contributed by atoms with Crippen LogP contribution in [-0.4, -0.2) is 24.3 Å². The Labute approximate surface area is 180 Å². The Bertz CT molecular complexity index is 1100. The average Bonchev–Trinajstić information content (AvgIpc) is 2.98. The molecule has 4 rings (SSSR count). The highest BCUT2D eigenvalue weighted by molar-refractivity contribution is 14.1. The molecule has 3 aromatic carbocycles. The number of carbonyl (C=O) groups excluding carboxylic acids is 3. The molecule has 144 valence electrons. The Morgan fingerprint density at radius 1 is 0.897 bits per heavy atom. The monoisotopic (exact) mass is 498 g/mol. The van der Waals surface area contributed by atoms with Crippen LogP contribution in [0.15, 0.2) is 72.8 Å². The van der Waals surface area contributed by atoms with Crippen molar-refractivity contribution in [2.24, 2.45) is 0 Å². The first-order chi connectivity index (χ1) is 14.0. The number of imide groups is 1. The fraction of sp³-hybridized carbons (Fsp3) is 0.0455. The number of fused-ring (bicyclic) bond motifs is 1. The Morgan fingerprint density at radius 3 is 2.31 bits per heavy atom. The van der Waals surface area contributed by atoms with Gasteiger partial charge in [0.2, 0.25) is 0 Å². The van der Waals surface area contributed by atoms with Gasteiger partial charge in [-0.25, -0.2) is 4.90 Å². The van der Waals surface area contributed by atoms with Crippen LogP contribution in [0.4, 0.5) is 11.4 Å². The Kier molecular flexibility index (Phi) is 5.30. The Balaban J connectivity index is 1.46. The summed E-state index contributed by atoms with van der Waals surface area (Å²) in [6, 6.07) is 20.7. The summed E-state index contributed by atoms with van der Waals surface area (Å²) in [6.07, 6.45) is 0. The zero-order chi connectivity index (χ0) is 20.4. The fourth-order valence-electron chi connectivity index (χ4n) is 3.01. The Morgan fingerprint density at radius 2 is 1.59 bits per heavy atom. The van der Waals surface area contributed by atoms with E-state index in [1.807, 2.05) is 18.2 Å².